The summed E-state index contributed by atoms with van der Waals surface area (Å²) in [6.45, 7) is 1.13. The molecule has 1 saturated carbocycles. The maximum Gasteiger partial charge on any atom is 0.0586 e. The highest BCUT2D eigenvalue weighted by Crippen LogP contribution is 2.33. The van der Waals surface area contributed by atoms with E-state index in [4.69, 9.17) is 0 Å². The number of anilines is 2. The van der Waals surface area contributed by atoms with Gasteiger partial charge in [0.1, 0.15) is 0 Å². The molecule has 0 amide bonds. The number of rotatable bonds is 0. The summed E-state index contributed by atoms with van der Waals surface area (Å²) in [4.78, 5) is 0. The first-order valence-corrected chi connectivity index (χ1v) is 7.71. The van der Waals surface area contributed by atoms with Crippen molar-refractivity contribution in [1.29, 1.82) is 0 Å². The maximum absolute atomic E-state index is 3.76. The summed E-state index contributed by atoms with van der Waals surface area (Å²) in [5.74, 6) is 0.794. The third-order valence-corrected chi connectivity index (χ3v) is 4.71. The van der Waals surface area contributed by atoms with E-state index in [2.05, 4.69) is 51.4 Å². The zero-order valence-electron chi connectivity index (χ0n) is 10.0. The third kappa shape index (κ3) is 2.54. The summed E-state index contributed by atoms with van der Waals surface area (Å²) in [5.41, 5.74) is 2.57. The summed E-state index contributed by atoms with van der Waals surface area (Å²) in [6, 6.07) is 7.32. The van der Waals surface area contributed by atoms with Crippen molar-refractivity contribution < 1.29 is 0 Å². The van der Waals surface area contributed by atoms with Gasteiger partial charge in [0, 0.05) is 16.2 Å². The Kier molecular flexibility index (Phi) is 3.45. The molecule has 1 fully saturated rings. The highest BCUT2D eigenvalue weighted by molar-refractivity contribution is 14.1. The van der Waals surface area contributed by atoms with E-state index in [1.54, 1.807) is 0 Å². The monoisotopic (exact) mass is 342 g/mol. The molecule has 0 saturated heterocycles. The Morgan fingerprint density at radius 3 is 2.88 bits per heavy atom. The van der Waals surface area contributed by atoms with Crippen LogP contribution in [0.15, 0.2) is 18.2 Å². The number of hydrogen-bond acceptors (Lipinski definition) is 2. The lowest BCUT2D eigenvalue weighted by Gasteiger charge is -2.23. The molecule has 0 radical (unpaired) electrons. The Balaban J connectivity index is 1.87. The zero-order chi connectivity index (χ0) is 11.7. The van der Waals surface area contributed by atoms with E-state index >= 15 is 0 Å². The molecule has 2 N–H and O–H groups in total. The van der Waals surface area contributed by atoms with Crippen LogP contribution in [0.1, 0.15) is 32.1 Å². The van der Waals surface area contributed by atoms with E-state index < -0.39 is 0 Å². The van der Waals surface area contributed by atoms with Gasteiger partial charge in [-0.1, -0.05) is 19.3 Å². The van der Waals surface area contributed by atoms with Gasteiger partial charge in [-0.3, -0.25) is 0 Å². The van der Waals surface area contributed by atoms with Crippen LogP contribution >= 0.6 is 22.6 Å². The van der Waals surface area contributed by atoms with Gasteiger partial charge in [-0.25, -0.2) is 0 Å². The minimum atomic E-state index is 0.673. The molecule has 1 heterocycles. The molecule has 0 aromatic heterocycles. The molecule has 17 heavy (non-hydrogen) atoms. The fourth-order valence-electron chi connectivity index (χ4n) is 3.05. The molecule has 3 heteroatoms. The average molecular weight is 342 g/mol. The smallest absolute Gasteiger partial charge is 0.0586 e. The summed E-state index contributed by atoms with van der Waals surface area (Å²) in [6.07, 6.45) is 6.90. The topological polar surface area (TPSA) is 24.1 Å². The van der Waals surface area contributed by atoms with Crippen LogP contribution in [-0.4, -0.2) is 12.6 Å². The van der Waals surface area contributed by atoms with Crippen molar-refractivity contribution in [2.24, 2.45) is 5.92 Å². The van der Waals surface area contributed by atoms with Gasteiger partial charge in [0.15, 0.2) is 0 Å². The van der Waals surface area contributed by atoms with E-state index in [0.29, 0.717) is 6.04 Å². The Hall–Kier alpha value is -0.450. The van der Waals surface area contributed by atoms with Crippen molar-refractivity contribution in [1.82, 2.24) is 0 Å². The van der Waals surface area contributed by atoms with Crippen LogP contribution < -0.4 is 10.6 Å². The predicted molar refractivity (Wildman–Crippen MR) is 81.6 cm³/mol. The molecular weight excluding hydrogens is 323 g/mol. The highest BCUT2D eigenvalue weighted by Gasteiger charge is 2.26. The second-order valence-corrected chi connectivity index (χ2v) is 6.47. The molecule has 2 aliphatic rings. The van der Waals surface area contributed by atoms with E-state index in [9.17, 15) is 0 Å². The summed E-state index contributed by atoms with van der Waals surface area (Å²) in [7, 11) is 0. The predicted octanol–water partition coefficient (Wildman–Crippen LogP) is 4.08. The lowest BCUT2D eigenvalue weighted by molar-refractivity contribution is 0.444. The second-order valence-electron chi connectivity index (χ2n) is 5.22. The van der Waals surface area contributed by atoms with Crippen molar-refractivity contribution in [2.75, 3.05) is 17.2 Å². The Morgan fingerprint density at radius 2 is 1.94 bits per heavy atom. The molecule has 1 aliphatic heterocycles. The van der Waals surface area contributed by atoms with Gasteiger partial charge in [0.05, 0.1) is 11.4 Å². The molecule has 0 spiro atoms. The molecule has 92 valence electrons. The molecule has 2 unspecified atom stereocenters. The summed E-state index contributed by atoms with van der Waals surface area (Å²) >= 11 is 2.38. The van der Waals surface area contributed by atoms with Crippen molar-refractivity contribution in [2.45, 2.75) is 38.1 Å². The van der Waals surface area contributed by atoms with Gasteiger partial charge in [-0.15, -0.1) is 0 Å². The Morgan fingerprint density at radius 1 is 1.06 bits per heavy atom. The van der Waals surface area contributed by atoms with Crippen molar-refractivity contribution >= 4 is 34.0 Å². The molecule has 2 atom stereocenters. The van der Waals surface area contributed by atoms with Gasteiger partial charge in [0.25, 0.3) is 0 Å². The molecule has 2 nitrogen and oxygen atoms in total. The number of hydrogen-bond donors (Lipinski definition) is 2. The van der Waals surface area contributed by atoms with Crippen LogP contribution in [0.5, 0.6) is 0 Å². The minimum Gasteiger partial charge on any atom is -0.383 e. The normalized spacial score (nSPS) is 27.8. The molecule has 1 aromatic carbocycles. The number of benzene rings is 1. The fraction of sp³-hybridized carbons (Fsp3) is 0.571. The van der Waals surface area contributed by atoms with Crippen molar-refractivity contribution in [3.05, 3.63) is 21.8 Å². The van der Waals surface area contributed by atoms with Crippen LogP contribution in [0, 0.1) is 9.49 Å². The molecule has 0 bridgehead atoms. The molecule has 1 aromatic rings. The minimum absolute atomic E-state index is 0.673. The van der Waals surface area contributed by atoms with E-state index in [1.165, 1.54) is 47.0 Å². The van der Waals surface area contributed by atoms with Gasteiger partial charge >= 0.3 is 0 Å². The summed E-state index contributed by atoms with van der Waals surface area (Å²) in [5, 5.41) is 7.39. The third-order valence-electron chi connectivity index (χ3n) is 4.04. The Labute approximate surface area is 117 Å². The second kappa shape index (κ2) is 5.04. The van der Waals surface area contributed by atoms with E-state index in [0.717, 1.165) is 12.5 Å². The largest absolute Gasteiger partial charge is 0.383 e. The highest BCUT2D eigenvalue weighted by atomic mass is 127. The molecular formula is C14H19IN2. The lowest BCUT2D eigenvalue weighted by atomic mass is 9.95. The van der Waals surface area contributed by atoms with Crippen LogP contribution in [0.25, 0.3) is 0 Å². The quantitative estimate of drug-likeness (QED) is 0.695. The van der Waals surface area contributed by atoms with Crippen molar-refractivity contribution in [3.63, 3.8) is 0 Å². The number of halogens is 1. The first-order valence-electron chi connectivity index (χ1n) is 6.63. The standard InChI is InChI=1S/C14H19IN2/c15-11-6-7-13-14(8-11)16-9-10-4-2-1-3-5-12(10)17-13/h6-8,10,12,16-17H,1-5,9H2. The van der Waals surface area contributed by atoms with Crippen LogP contribution in [-0.2, 0) is 0 Å². The lowest BCUT2D eigenvalue weighted by Crippen LogP contribution is -2.30. The van der Waals surface area contributed by atoms with E-state index in [1.807, 2.05) is 0 Å². The van der Waals surface area contributed by atoms with Gasteiger partial charge in [-0.2, -0.15) is 0 Å². The van der Waals surface area contributed by atoms with Crippen LogP contribution in [0.4, 0.5) is 11.4 Å². The van der Waals surface area contributed by atoms with Crippen molar-refractivity contribution in [3.8, 4) is 0 Å². The summed E-state index contributed by atoms with van der Waals surface area (Å²) < 4.78 is 1.30. The van der Waals surface area contributed by atoms with Crippen LogP contribution in [0.3, 0.4) is 0 Å². The van der Waals surface area contributed by atoms with Gasteiger partial charge in [0.2, 0.25) is 0 Å². The molecule has 3 rings (SSSR count). The first-order chi connectivity index (χ1) is 8.33. The zero-order valence-corrected chi connectivity index (χ0v) is 12.2. The fourth-order valence-corrected chi connectivity index (χ4v) is 3.54. The first kappa shape index (κ1) is 11.6. The van der Waals surface area contributed by atoms with E-state index in [-0.39, 0.29) is 0 Å². The number of fused-ring (bicyclic) bond motifs is 2. The Bertz CT molecular complexity index is 405. The van der Waals surface area contributed by atoms with Gasteiger partial charge < -0.3 is 10.6 Å². The van der Waals surface area contributed by atoms with Gasteiger partial charge in [-0.05, 0) is 59.5 Å². The van der Waals surface area contributed by atoms with Crippen LogP contribution in [0.2, 0.25) is 0 Å². The molecule has 1 aliphatic carbocycles. The average Bonchev–Trinajstić information content (AvgIpc) is 2.62. The number of nitrogens with one attached hydrogen (secondary N) is 2. The SMILES string of the molecule is Ic1ccc2c(c1)NCC1CCCCCC1N2. The maximum atomic E-state index is 3.76.